The lowest BCUT2D eigenvalue weighted by Crippen LogP contribution is -2.16. The van der Waals surface area contributed by atoms with E-state index in [1.54, 1.807) is 0 Å². The third-order valence-corrected chi connectivity index (χ3v) is 3.53. The molecule has 0 aromatic heterocycles. The molecule has 108 valence electrons. The fourth-order valence-electron chi connectivity index (χ4n) is 2.43. The van der Waals surface area contributed by atoms with Crippen LogP contribution in [0.25, 0.3) is 6.08 Å². The Morgan fingerprint density at radius 3 is 1.55 bits per heavy atom. The highest BCUT2D eigenvalue weighted by Crippen LogP contribution is 2.24. The Balaban J connectivity index is 1.82. The van der Waals surface area contributed by atoms with Gasteiger partial charge in [0.2, 0.25) is 0 Å². The average molecular weight is 285 g/mol. The van der Waals surface area contributed by atoms with Gasteiger partial charge in [0.25, 0.3) is 0 Å². The normalized spacial score (nSPS) is 10.7. The lowest BCUT2D eigenvalue weighted by atomic mass is 10.2. The molecular formula is C21H19N. The van der Waals surface area contributed by atoms with Gasteiger partial charge in [-0.25, -0.2) is 0 Å². The SMILES string of the molecule is C(=C\c1ccccc1)/CN(c1ccccc1)c1ccccc1. The highest BCUT2D eigenvalue weighted by atomic mass is 15.1. The van der Waals surface area contributed by atoms with E-state index in [4.69, 9.17) is 0 Å². The molecule has 1 nitrogen and oxygen atoms in total. The number of hydrogen-bond donors (Lipinski definition) is 0. The van der Waals surface area contributed by atoms with E-state index in [0.717, 1.165) is 6.54 Å². The van der Waals surface area contributed by atoms with Crippen molar-refractivity contribution in [2.75, 3.05) is 11.4 Å². The maximum atomic E-state index is 2.30. The van der Waals surface area contributed by atoms with Gasteiger partial charge in [-0.2, -0.15) is 0 Å². The van der Waals surface area contributed by atoms with Gasteiger partial charge in [-0.05, 0) is 29.8 Å². The molecule has 0 aliphatic heterocycles. The van der Waals surface area contributed by atoms with Gasteiger partial charge in [-0.3, -0.25) is 0 Å². The van der Waals surface area contributed by atoms with Crippen molar-refractivity contribution in [3.63, 3.8) is 0 Å². The van der Waals surface area contributed by atoms with Crippen LogP contribution >= 0.6 is 0 Å². The van der Waals surface area contributed by atoms with Crippen molar-refractivity contribution in [1.82, 2.24) is 0 Å². The van der Waals surface area contributed by atoms with Crippen molar-refractivity contribution in [2.24, 2.45) is 0 Å². The molecule has 0 unspecified atom stereocenters. The minimum atomic E-state index is 0.836. The molecule has 0 amide bonds. The molecule has 3 rings (SSSR count). The Morgan fingerprint density at radius 1 is 0.591 bits per heavy atom. The molecule has 1 heteroatoms. The largest absolute Gasteiger partial charge is 0.338 e. The van der Waals surface area contributed by atoms with Crippen molar-refractivity contribution in [1.29, 1.82) is 0 Å². The second-order valence-corrected chi connectivity index (χ2v) is 5.09. The van der Waals surface area contributed by atoms with Gasteiger partial charge in [0, 0.05) is 17.9 Å². The summed E-state index contributed by atoms with van der Waals surface area (Å²) in [7, 11) is 0. The summed E-state index contributed by atoms with van der Waals surface area (Å²) in [6, 6.07) is 31.4. The predicted octanol–water partition coefficient (Wildman–Crippen LogP) is 5.54. The van der Waals surface area contributed by atoms with E-state index in [0.29, 0.717) is 0 Å². The molecule has 0 atom stereocenters. The van der Waals surface area contributed by atoms with Crippen LogP contribution in [-0.2, 0) is 0 Å². The van der Waals surface area contributed by atoms with Crippen LogP contribution < -0.4 is 4.90 Å². The summed E-state index contributed by atoms with van der Waals surface area (Å²) in [6.45, 7) is 0.836. The summed E-state index contributed by atoms with van der Waals surface area (Å²) < 4.78 is 0. The van der Waals surface area contributed by atoms with Gasteiger partial charge in [0.15, 0.2) is 0 Å². The first-order valence-electron chi connectivity index (χ1n) is 7.53. The summed E-state index contributed by atoms with van der Waals surface area (Å²) in [5, 5.41) is 0. The monoisotopic (exact) mass is 285 g/mol. The minimum Gasteiger partial charge on any atom is -0.338 e. The highest BCUT2D eigenvalue weighted by Gasteiger charge is 2.06. The smallest absolute Gasteiger partial charge is 0.0415 e. The topological polar surface area (TPSA) is 3.24 Å². The molecule has 0 aliphatic carbocycles. The summed E-state index contributed by atoms with van der Waals surface area (Å²) >= 11 is 0. The Kier molecular flexibility index (Phi) is 4.68. The van der Waals surface area contributed by atoms with E-state index in [1.807, 2.05) is 18.2 Å². The second-order valence-electron chi connectivity index (χ2n) is 5.09. The molecule has 3 aromatic rings. The van der Waals surface area contributed by atoms with Crippen LogP contribution in [0.1, 0.15) is 5.56 Å². The molecule has 0 N–H and O–H groups in total. The molecule has 0 fully saturated rings. The van der Waals surface area contributed by atoms with Crippen molar-refractivity contribution >= 4 is 17.5 Å². The molecule has 0 saturated carbocycles. The number of benzene rings is 3. The zero-order valence-corrected chi connectivity index (χ0v) is 12.5. The zero-order chi connectivity index (χ0) is 15.0. The summed E-state index contributed by atoms with van der Waals surface area (Å²) in [5.74, 6) is 0. The predicted molar refractivity (Wildman–Crippen MR) is 95.4 cm³/mol. The van der Waals surface area contributed by atoms with Crippen molar-refractivity contribution in [3.8, 4) is 0 Å². The summed E-state index contributed by atoms with van der Waals surface area (Å²) in [5.41, 5.74) is 3.63. The van der Waals surface area contributed by atoms with Crippen molar-refractivity contribution in [2.45, 2.75) is 0 Å². The van der Waals surface area contributed by atoms with E-state index in [-0.39, 0.29) is 0 Å². The molecule has 0 aliphatic rings. The van der Waals surface area contributed by atoms with E-state index >= 15 is 0 Å². The molecule has 0 heterocycles. The first-order chi connectivity index (χ1) is 10.9. The standard InChI is InChI=1S/C21H19N/c1-4-11-19(12-5-1)13-10-18-22(20-14-6-2-7-15-20)21-16-8-3-9-17-21/h1-17H,18H2/b13-10+. The van der Waals surface area contributed by atoms with Gasteiger partial charge in [-0.1, -0.05) is 78.9 Å². The molecule has 0 radical (unpaired) electrons. The lowest BCUT2D eigenvalue weighted by Gasteiger charge is -2.23. The number of rotatable bonds is 5. The Labute approximate surface area is 132 Å². The maximum Gasteiger partial charge on any atom is 0.0415 e. The minimum absolute atomic E-state index is 0.836. The molecule has 0 bridgehead atoms. The van der Waals surface area contributed by atoms with Crippen LogP contribution in [0.2, 0.25) is 0 Å². The van der Waals surface area contributed by atoms with E-state index in [9.17, 15) is 0 Å². The first kappa shape index (κ1) is 14.2. The van der Waals surface area contributed by atoms with Gasteiger partial charge >= 0.3 is 0 Å². The third-order valence-electron chi connectivity index (χ3n) is 3.53. The van der Waals surface area contributed by atoms with Crippen molar-refractivity contribution in [3.05, 3.63) is 103 Å². The van der Waals surface area contributed by atoms with Crippen LogP contribution in [0, 0.1) is 0 Å². The fraction of sp³-hybridized carbons (Fsp3) is 0.0476. The quantitative estimate of drug-likeness (QED) is 0.595. The van der Waals surface area contributed by atoms with E-state index < -0.39 is 0 Å². The van der Waals surface area contributed by atoms with Crippen LogP contribution in [-0.4, -0.2) is 6.54 Å². The van der Waals surface area contributed by atoms with Gasteiger partial charge in [0.1, 0.15) is 0 Å². The fourth-order valence-corrected chi connectivity index (χ4v) is 2.43. The van der Waals surface area contributed by atoms with Gasteiger partial charge in [0.05, 0.1) is 0 Å². The summed E-state index contributed by atoms with van der Waals surface area (Å²) in [4.78, 5) is 2.30. The number of hydrogen-bond acceptors (Lipinski definition) is 1. The molecule has 0 spiro atoms. The van der Waals surface area contributed by atoms with Crippen LogP contribution in [0.3, 0.4) is 0 Å². The summed E-state index contributed by atoms with van der Waals surface area (Å²) in [6.07, 6.45) is 4.37. The van der Waals surface area contributed by atoms with Crippen LogP contribution in [0.4, 0.5) is 11.4 Å². The third kappa shape index (κ3) is 3.64. The van der Waals surface area contributed by atoms with Gasteiger partial charge < -0.3 is 4.90 Å². The van der Waals surface area contributed by atoms with E-state index in [2.05, 4.69) is 89.8 Å². The van der Waals surface area contributed by atoms with Crippen LogP contribution in [0.15, 0.2) is 97.1 Å². The zero-order valence-electron chi connectivity index (χ0n) is 12.5. The lowest BCUT2D eigenvalue weighted by molar-refractivity contribution is 1.10. The first-order valence-corrected chi connectivity index (χ1v) is 7.53. The number of anilines is 2. The second kappa shape index (κ2) is 7.28. The van der Waals surface area contributed by atoms with Crippen molar-refractivity contribution < 1.29 is 0 Å². The Bertz CT molecular complexity index is 663. The maximum absolute atomic E-state index is 2.30. The molecule has 22 heavy (non-hydrogen) atoms. The molecule has 0 saturated heterocycles. The molecular weight excluding hydrogens is 266 g/mol. The number of para-hydroxylation sites is 2. The Hall–Kier alpha value is -2.80. The Morgan fingerprint density at radius 2 is 1.05 bits per heavy atom. The molecule has 3 aromatic carbocycles. The highest BCUT2D eigenvalue weighted by molar-refractivity contribution is 5.64. The van der Waals surface area contributed by atoms with E-state index in [1.165, 1.54) is 16.9 Å². The number of nitrogens with zero attached hydrogens (tertiary/aromatic N) is 1. The average Bonchev–Trinajstić information content (AvgIpc) is 2.61. The van der Waals surface area contributed by atoms with Crippen LogP contribution in [0.5, 0.6) is 0 Å². The van der Waals surface area contributed by atoms with Gasteiger partial charge in [-0.15, -0.1) is 0 Å².